The standard InChI is InChI=1S/C16H29N3/c1-6-19-9-7-8-14(19)12-17-13-10-15(2,3)18-16(4,5)11-13/h7-9,13,17-18H,6,10-12H2,1-5H3. The number of hydrogen-bond acceptors (Lipinski definition) is 2. The second kappa shape index (κ2) is 5.29. The molecule has 0 bridgehead atoms. The van der Waals surface area contributed by atoms with E-state index in [1.807, 2.05) is 0 Å². The maximum Gasteiger partial charge on any atom is 0.0361 e. The summed E-state index contributed by atoms with van der Waals surface area (Å²) in [5.41, 5.74) is 1.81. The first kappa shape index (κ1) is 14.6. The van der Waals surface area contributed by atoms with Crippen molar-refractivity contribution in [3.8, 4) is 0 Å². The molecule has 2 rings (SSSR count). The lowest BCUT2D eigenvalue weighted by Gasteiger charge is -2.46. The van der Waals surface area contributed by atoms with E-state index in [1.54, 1.807) is 0 Å². The number of nitrogens with zero attached hydrogens (tertiary/aromatic N) is 1. The number of rotatable bonds is 4. The molecule has 3 heteroatoms. The summed E-state index contributed by atoms with van der Waals surface area (Å²) in [4.78, 5) is 0. The molecule has 108 valence electrons. The smallest absolute Gasteiger partial charge is 0.0361 e. The minimum Gasteiger partial charge on any atom is -0.351 e. The minimum absolute atomic E-state index is 0.214. The van der Waals surface area contributed by atoms with Crippen LogP contribution < -0.4 is 10.6 Å². The molecular weight excluding hydrogens is 234 g/mol. The number of nitrogens with one attached hydrogen (secondary N) is 2. The molecule has 19 heavy (non-hydrogen) atoms. The lowest BCUT2D eigenvalue weighted by atomic mass is 9.79. The van der Waals surface area contributed by atoms with E-state index < -0.39 is 0 Å². The zero-order chi connectivity index (χ0) is 14.1. The molecule has 1 fully saturated rings. The van der Waals surface area contributed by atoms with E-state index >= 15 is 0 Å². The summed E-state index contributed by atoms with van der Waals surface area (Å²) in [7, 11) is 0. The molecule has 0 spiro atoms. The molecule has 1 aliphatic rings. The normalized spacial score (nSPS) is 22.6. The fourth-order valence-electron chi connectivity index (χ4n) is 3.63. The van der Waals surface area contributed by atoms with Gasteiger partial charge in [-0.2, -0.15) is 0 Å². The van der Waals surface area contributed by atoms with Crippen LogP contribution >= 0.6 is 0 Å². The lowest BCUT2D eigenvalue weighted by Crippen LogP contribution is -2.61. The molecule has 2 N–H and O–H groups in total. The summed E-state index contributed by atoms with van der Waals surface area (Å²) in [5.74, 6) is 0. The Balaban J connectivity index is 1.96. The first-order chi connectivity index (χ1) is 8.81. The van der Waals surface area contributed by atoms with Crippen LogP contribution in [-0.4, -0.2) is 21.7 Å². The Morgan fingerprint density at radius 3 is 2.47 bits per heavy atom. The van der Waals surface area contributed by atoms with Crippen LogP contribution in [0.1, 0.15) is 53.2 Å². The molecule has 0 aromatic carbocycles. The molecule has 1 aliphatic heterocycles. The predicted octanol–water partition coefficient (Wildman–Crippen LogP) is 2.91. The number of aromatic nitrogens is 1. The fraction of sp³-hybridized carbons (Fsp3) is 0.750. The third-order valence-electron chi connectivity index (χ3n) is 4.03. The van der Waals surface area contributed by atoms with Gasteiger partial charge in [-0.05, 0) is 59.6 Å². The molecule has 3 nitrogen and oxygen atoms in total. The summed E-state index contributed by atoms with van der Waals surface area (Å²) < 4.78 is 2.31. The predicted molar refractivity (Wildman–Crippen MR) is 81.3 cm³/mol. The van der Waals surface area contributed by atoms with Gasteiger partial charge in [-0.3, -0.25) is 0 Å². The highest BCUT2D eigenvalue weighted by Gasteiger charge is 2.37. The van der Waals surface area contributed by atoms with Crippen LogP contribution in [0, 0.1) is 0 Å². The molecule has 0 aliphatic carbocycles. The first-order valence-corrected chi connectivity index (χ1v) is 7.48. The Morgan fingerprint density at radius 2 is 1.89 bits per heavy atom. The Morgan fingerprint density at radius 1 is 1.26 bits per heavy atom. The van der Waals surface area contributed by atoms with E-state index in [4.69, 9.17) is 0 Å². The summed E-state index contributed by atoms with van der Waals surface area (Å²) in [5, 5.41) is 7.48. The summed E-state index contributed by atoms with van der Waals surface area (Å²) in [6.07, 6.45) is 4.53. The van der Waals surface area contributed by atoms with Crippen molar-refractivity contribution in [2.24, 2.45) is 0 Å². The van der Waals surface area contributed by atoms with E-state index in [0.717, 1.165) is 13.1 Å². The molecule has 1 saturated heterocycles. The molecule has 0 saturated carbocycles. The maximum atomic E-state index is 3.75. The molecule has 0 atom stereocenters. The molecule has 0 radical (unpaired) electrons. The Labute approximate surface area is 117 Å². The highest BCUT2D eigenvalue weighted by Crippen LogP contribution is 2.28. The quantitative estimate of drug-likeness (QED) is 0.874. The van der Waals surface area contributed by atoms with Crippen LogP contribution in [0.3, 0.4) is 0 Å². The third kappa shape index (κ3) is 3.83. The molecule has 1 aromatic rings. The topological polar surface area (TPSA) is 29.0 Å². The Hall–Kier alpha value is -0.800. The summed E-state index contributed by atoms with van der Waals surface area (Å²) >= 11 is 0. The van der Waals surface area contributed by atoms with Crippen LogP contribution in [-0.2, 0) is 13.1 Å². The number of hydrogen-bond donors (Lipinski definition) is 2. The van der Waals surface area contributed by atoms with Gasteiger partial charge in [-0.15, -0.1) is 0 Å². The van der Waals surface area contributed by atoms with Crippen LogP contribution in [0.25, 0.3) is 0 Å². The van der Waals surface area contributed by atoms with Gasteiger partial charge in [0.2, 0.25) is 0 Å². The third-order valence-corrected chi connectivity index (χ3v) is 4.03. The van der Waals surface area contributed by atoms with E-state index in [9.17, 15) is 0 Å². The molecular formula is C16H29N3. The van der Waals surface area contributed by atoms with Gasteiger partial charge >= 0.3 is 0 Å². The Bertz CT molecular complexity index is 401. The van der Waals surface area contributed by atoms with Crippen molar-refractivity contribution in [1.29, 1.82) is 0 Å². The molecule has 0 amide bonds. The van der Waals surface area contributed by atoms with Crippen molar-refractivity contribution < 1.29 is 0 Å². The van der Waals surface area contributed by atoms with Gasteiger partial charge in [0, 0.05) is 42.1 Å². The summed E-state index contributed by atoms with van der Waals surface area (Å²) in [6, 6.07) is 4.94. The first-order valence-electron chi connectivity index (χ1n) is 7.48. The van der Waals surface area contributed by atoms with Crippen molar-refractivity contribution >= 4 is 0 Å². The summed E-state index contributed by atoms with van der Waals surface area (Å²) in [6.45, 7) is 13.4. The van der Waals surface area contributed by atoms with Gasteiger partial charge in [0.05, 0.1) is 0 Å². The average Bonchev–Trinajstić information content (AvgIpc) is 2.69. The van der Waals surface area contributed by atoms with Crippen LogP contribution in [0.2, 0.25) is 0 Å². The van der Waals surface area contributed by atoms with Gasteiger partial charge in [0.25, 0.3) is 0 Å². The molecule has 1 aromatic heterocycles. The van der Waals surface area contributed by atoms with Crippen molar-refractivity contribution in [2.75, 3.05) is 0 Å². The van der Waals surface area contributed by atoms with E-state index in [2.05, 4.69) is 68.1 Å². The second-order valence-electron chi connectivity index (χ2n) is 7.16. The second-order valence-corrected chi connectivity index (χ2v) is 7.16. The van der Waals surface area contributed by atoms with Gasteiger partial charge in [-0.1, -0.05) is 0 Å². The van der Waals surface area contributed by atoms with Crippen LogP contribution in [0.15, 0.2) is 18.3 Å². The van der Waals surface area contributed by atoms with Gasteiger partial charge < -0.3 is 15.2 Å². The van der Waals surface area contributed by atoms with E-state index in [0.29, 0.717) is 6.04 Å². The van der Waals surface area contributed by atoms with Crippen molar-refractivity contribution in [3.63, 3.8) is 0 Å². The Kier molecular flexibility index (Phi) is 4.07. The number of piperidine rings is 1. The SMILES string of the molecule is CCn1cccc1CNC1CC(C)(C)NC(C)(C)C1. The number of aryl methyl sites for hydroxylation is 1. The minimum atomic E-state index is 0.214. The van der Waals surface area contributed by atoms with Crippen molar-refractivity contribution in [1.82, 2.24) is 15.2 Å². The molecule has 2 heterocycles. The zero-order valence-electron chi connectivity index (χ0n) is 13.1. The van der Waals surface area contributed by atoms with E-state index in [-0.39, 0.29) is 11.1 Å². The van der Waals surface area contributed by atoms with Gasteiger partial charge in [0.1, 0.15) is 0 Å². The fourth-order valence-corrected chi connectivity index (χ4v) is 3.63. The lowest BCUT2D eigenvalue weighted by molar-refractivity contribution is 0.145. The van der Waals surface area contributed by atoms with Gasteiger partial charge in [-0.25, -0.2) is 0 Å². The van der Waals surface area contributed by atoms with Crippen molar-refractivity contribution in [3.05, 3.63) is 24.0 Å². The largest absolute Gasteiger partial charge is 0.351 e. The monoisotopic (exact) mass is 263 g/mol. The molecule has 0 unspecified atom stereocenters. The van der Waals surface area contributed by atoms with Gasteiger partial charge in [0.15, 0.2) is 0 Å². The van der Waals surface area contributed by atoms with Crippen molar-refractivity contribution in [2.45, 2.75) is 77.7 Å². The maximum absolute atomic E-state index is 3.75. The zero-order valence-corrected chi connectivity index (χ0v) is 13.1. The van der Waals surface area contributed by atoms with Crippen LogP contribution in [0.5, 0.6) is 0 Å². The highest BCUT2D eigenvalue weighted by molar-refractivity contribution is 5.08. The highest BCUT2D eigenvalue weighted by atomic mass is 15.1. The van der Waals surface area contributed by atoms with Crippen LogP contribution in [0.4, 0.5) is 0 Å². The average molecular weight is 263 g/mol. The van der Waals surface area contributed by atoms with E-state index in [1.165, 1.54) is 18.5 Å².